The molecule has 1 N–H and O–H groups in total. The predicted octanol–water partition coefficient (Wildman–Crippen LogP) is 1.67. The van der Waals surface area contributed by atoms with Gasteiger partial charge in [0.25, 0.3) is 5.91 Å². The number of hydrogen-bond donors (Lipinski definition) is 1. The van der Waals surface area contributed by atoms with Crippen LogP contribution in [-0.4, -0.2) is 40.0 Å². The van der Waals surface area contributed by atoms with E-state index in [0.717, 1.165) is 0 Å². The summed E-state index contributed by atoms with van der Waals surface area (Å²) in [6.07, 6.45) is 2.80. The second-order valence-electron chi connectivity index (χ2n) is 4.30. The molecule has 1 aliphatic rings. The molecule has 1 saturated heterocycles. The first-order chi connectivity index (χ1) is 8.58. The van der Waals surface area contributed by atoms with Crippen molar-refractivity contribution >= 4 is 23.5 Å². The number of rotatable bonds is 2. The van der Waals surface area contributed by atoms with Crippen LogP contribution in [0, 0.1) is 5.92 Å². The molecule has 5 nitrogen and oxygen atoms in total. The van der Waals surface area contributed by atoms with Gasteiger partial charge in [-0.15, -0.1) is 0 Å². The van der Waals surface area contributed by atoms with Gasteiger partial charge in [-0.3, -0.25) is 9.59 Å². The Kier molecular flexibility index (Phi) is 3.81. The van der Waals surface area contributed by atoms with E-state index in [1.807, 2.05) is 0 Å². The third kappa shape index (κ3) is 2.79. The van der Waals surface area contributed by atoms with Crippen molar-refractivity contribution in [3.8, 4) is 0 Å². The van der Waals surface area contributed by atoms with Gasteiger partial charge in [0.1, 0.15) is 5.15 Å². The third-order valence-electron chi connectivity index (χ3n) is 3.03. The van der Waals surface area contributed by atoms with Crippen LogP contribution in [0.5, 0.6) is 0 Å². The van der Waals surface area contributed by atoms with Crippen LogP contribution in [0.15, 0.2) is 18.3 Å². The molecule has 1 atom stereocenters. The van der Waals surface area contributed by atoms with E-state index in [1.54, 1.807) is 11.0 Å². The van der Waals surface area contributed by atoms with Crippen LogP contribution in [0.3, 0.4) is 0 Å². The number of carbonyl (C=O) groups is 2. The van der Waals surface area contributed by atoms with Crippen molar-refractivity contribution in [3.63, 3.8) is 0 Å². The van der Waals surface area contributed by atoms with E-state index < -0.39 is 11.9 Å². The molecule has 1 aliphatic heterocycles. The molecule has 1 fully saturated rings. The number of carboxylic acids is 1. The lowest BCUT2D eigenvalue weighted by Crippen LogP contribution is -2.42. The van der Waals surface area contributed by atoms with E-state index in [-0.39, 0.29) is 17.6 Å². The molecular formula is C12H13ClN2O3. The zero-order valence-electron chi connectivity index (χ0n) is 9.67. The Bertz CT molecular complexity index is 478. The van der Waals surface area contributed by atoms with Gasteiger partial charge in [-0.1, -0.05) is 11.6 Å². The Balaban J connectivity index is 2.11. The molecule has 18 heavy (non-hydrogen) atoms. The zero-order chi connectivity index (χ0) is 13.1. The number of hydrogen-bond acceptors (Lipinski definition) is 3. The normalized spacial score (nSPS) is 19.6. The number of aromatic nitrogens is 1. The van der Waals surface area contributed by atoms with Crippen molar-refractivity contribution in [2.24, 2.45) is 5.92 Å². The second-order valence-corrected chi connectivity index (χ2v) is 4.68. The molecule has 0 radical (unpaired) electrons. The Labute approximate surface area is 109 Å². The van der Waals surface area contributed by atoms with Crippen molar-refractivity contribution in [3.05, 3.63) is 29.0 Å². The summed E-state index contributed by atoms with van der Waals surface area (Å²) in [6, 6.07) is 3.08. The smallest absolute Gasteiger partial charge is 0.308 e. The Morgan fingerprint density at radius 1 is 1.50 bits per heavy atom. The molecule has 2 rings (SSSR count). The standard InChI is InChI=1S/C12H13ClN2O3/c13-10-6-8(3-4-14-10)11(16)15-5-1-2-9(7-15)12(17)18/h3-4,6,9H,1-2,5,7H2,(H,17,18)/t9-/m1/s1. The summed E-state index contributed by atoms with van der Waals surface area (Å²) >= 11 is 5.73. The number of pyridine rings is 1. The number of carbonyl (C=O) groups excluding carboxylic acids is 1. The van der Waals surface area contributed by atoms with Crippen LogP contribution in [0.1, 0.15) is 23.2 Å². The number of halogens is 1. The lowest BCUT2D eigenvalue weighted by Gasteiger charge is -2.30. The average Bonchev–Trinajstić information content (AvgIpc) is 2.38. The molecule has 1 amide bonds. The molecule has 2 heterocycles. The largest absolute Gasteiger partial charge is 0.481 e. The van der Waals surface area contributed by atoms with Gasteiger partial charge in [-0.05, 0) is 25.0 Å². The van der Waals surface area contributed by atoms with Crippen molar-refractivity contribution in [1.82, 2.24) is 9.88 Å². The van der Waals surface area contributed by atoms with Gasteiger partial charge in [-0.2, -0.15) is 0 Å². The number of amides is 1. The van der Waals surface area contributed by atoms with Crippen LogP contribution in [0.25, 0.3) is 0 Å². The lowest BCUT2D eigenvalue weighted by molar-refractivity contribution is -0.143. The average molecular weight is 269 g/mol. The van der Waals surface area contributed by atoms with Crippen molar-refractivity contribution in [2.75, 3.05) is 13.1 Å². The number of aliphatic carboxylic acids is 1. The van der Waals surface area contributed by atoms with Gasteiger partial charge in [0, 0.05) is 24.8 Å². The quantitative estimate of drug-likeness (QED) is 0.829. The first-order valence-corrected chi connectivity index (χ1v) is 6.09. The fourth-order valence-electron chi connectivity index (χ4n) is 2.08. The van der Waals surface area contributed by atoms with E-state index >= 15 is 0 Å². The maximum Gasteiger partial charge on any atom is 0.308 e. The van der Waals surface area contributed by atoms with Crippen LogP contribution < -0.4 is 0 Å². The van der Waals surface area contributed by atoms with Crippen molar-refractivity contribution in [2.45, 2.75) is 12.8 Å². The molecule has 6 heteroatoms. The lowest BCUT2D eigenvalue weighted by atomic mass is 9.98. The fourth-order valence-corrected chi connectivity index (χ4v) is 2.26. The number of nitrogens with zero attached hydrogens (tertiary/aromatic N) is 2. The SMILES string of the molecule is O=C(O)[C@@H]1CCCN(C(=O)c2ccnc(Cl)c2)C1. The third-order valence-corrected chi connectivity index (χ3v) is 3.24. The molecule has 0 saturated carbocycles. The summed E-state index contributed by atoms with van der Waals surface area (Å²) < 4.78 is 0. The summed E-state index contributed by atoms with van der Waals surface area (Å²) in [5, 5.41) is 9.24. The van der Waals surface area contributed by atoms with Crippen molar-refractivity contribution in [1.29, 1.82) is 0 Å². The van der Waals surface area contributed by atoms with Gasteiger partial charge in [0.2, 0.25) is 0 Å². The Morgan fingerprint density at radius 3 is 2.94 bits per heavy atom. The molecular weight excluding hydrogens is 256 g/mol. The van der Waals surface area contributed by atoms with E-state index in [9.17, 15) is 9.59 Å². The molecule has 96 valence electrons. The highest BCUT2D eigenvalue weighted by Crippen LogP contribution is 2.19. The van der Waals surface area contributed by atoms with Crippen LogP contribution in [-0.2, 0) is 4.79 Å². The first kappa shape index (κ1) is 12.8. The number of piperidine rings is 1. The summed E-state index contributed by atoms with van der Waals surface area (Å²) in [6.45, 7) is 0.844. The zero-order valence-corrected chi connectivity index (χ0v) is 10.4. The molecule has 1 aromatic rings. The highest BCUT2D eigenvalue weighted by atomic mass is 35.5. The molecule has 0 spiro atoms. The van der Waals surface area contributed by atoms with E-state index in [4.69, 9.17) is 16.7 Å². The van der Waals surface area contributed by atoms with Gasteiger partial charge in [-0.25, -0.2) is 4.98 Å². The van der Waals surface area contributed by atoms with Crippen LogP contribution >= 0.6 is 11.6 Å². The van der Waals surface area contributed by atoms with E-state index in [0.29, 0.717) is 24.9 Å². The minimum atomic E-state index is -0.847. The predicted molar refractivity (Wildman–Crippen MR) is 65.5 cm³/mol. The molecule has 1 aromatic heterocycles. The molecule has 0 aliphatic carbocycles. The van der Waals surface area contributed by atoms with E-state index in [2.05, 4.69) is 4.98 Å². The summed E-state index contributed by atoms with van der Waals surface area (Å²) in [4.78, 5) is 28.5. The van der Waals surface area contributed by atoms with E-state index in [1.165, 1.54) is 12.3 Å². The summed E-state index contributed by atoms with van der Waals surface area (Å²) in [5.41, 5.74) is 0.445. The maximum atomic E-state index is 12.2. The summed E-state index contributed by atoms with van der Waals surface area (Å²) in [7, 11) is 0. The highest BCUT2D eigenvalue weighted by molar-refractivity contribution is 6.29. The van der Waals surface area contributed by atoms with Gasteiger partial charge >= 0.3 is 5.97 Å². The Hall–Kier alpha value is -1.62. The van der Waals surface area contributed by atoms with Gasteiger partial charge in [0.05, 0.1) is 5.92 Å². The van der Waals surface area contributed by atoms with Crippen LogP contribution in [0.2, 0.25) is 5.15 Å². The van der Waals surface area contributed by atoms with Gasteiger partial charge in [0.15, 0.2) is 0 Å². The number of carboxylic acid groups (broad SMARTS) is 1. The van der Waals surface area contributed by atoms with Crippen molar-refractivity contribution < 1.29 is 14.7 Å². The maximum absolute atomic E-state index is 12.2. The van der Waals surface area contributed by atoms with Crippen LogP contribution in [0.4, 0.5) is 0 Å². The number of likely N-dealkylation sites (tertiary alicyclic amines) is 1. The Morgan fingerprint density at radius 2 is 2.28 bits per heavy atom. The van der Waals surface area contributed by atoms with Gasteiger partial charge < -0.3 is 10.0 Å². The minimum absolute atomic E-state index is 0.190. The fraction of sp³-hybridized carbons (Fsp3) is 0.417. The monoisotopic (exact) mass is 268 g/mol. The minimum Gasteiger partial charge on any atom is -0.481 e. The highest BCUT2D eigenvalue weighted by Gasteiger charge is 2.28. The first-order valence-electron chi connectivity index (χ1n) is 5.71. The molecule has 0 unspecified atom stereocenters. The second kappa shape index (κ2) is 5.35. The molecule has 0 bridgehead atoms. The summed E-state index contributed by atoms with van der Waals surface area (Å²) in [5.74, 6) is -1.51. The molecule has 0 aromatic carbocycles. The topological polar surface area (TPSA) is 70.5 Å².